The van der Waals surface area contributed by atoms with Crippen LogP contribution in [0.15, 0.2) is 77.3 Å². The maximum Gasteiger partial charge on any atom is 0.119 e. The summed E-state index contributed by atoms with van der Waals surface area (Å²) in [7, 11) is 1.77. The number of halogens is 1. The zero-order valence-corrected chi connectivity index (χ0v) is 21.3. The van der Waals surface area contributed by atoms with E-state index in [9.17, 15) is 0 Å². The van der Waals surface area contributed by atoms with E-state index in [4.69, 9.17) is 4.74 Å². The van der Waals surface area contributed by atoms with Gasteiger partial charge in [0.1, 0.15) is 5.75 Å². The second-order valence-corrected chi connectivity index (χ2v) is 10.9. The molecule has 1 aliphatic heterocycles. The van der Waals surface area contributed by atoms with Crippen molar-refractivity contribution in [1.82, 2.24) is 9.88 Å². The molecule has 0 amide bonds. The molecular weight excluding hydrogens is 484 g/mol. The van der Waals surface area contributed by atoms with Gasteiger partial charge in [-0.3, -0.25) is 0 Å². The quantitative estimate of drug-likeness (QED) is 0.327. The van der Waals surface area contributed by atoms with Crippen LogP contribution in [0.3, 0.4) is 0 Å². The van der Waals surface area contributed by atoms with Crippen LogP contribution in [0.1, 0.15) is 28.8 Å². The van der Waals surface area contributed by atoms with Crippen LogP contribution in [-0.2, 0) is 24.7 Å². The Morgan fingerprint density at radius 2 is 1.91 bits per heavy atom. The Morgan fingerprint density at radius 3 is 2.76 bits per heavy atom. The summed E-state index contributed by atoms with van der Waals surface area (Å²) in [5.41, 5.74) is 7.17. The summed E-state index contributed by atoms with van der Waals surface area (Å²) in [4.78, 5) is 6.50. The minimum Gasteiger partial charge on any atom is -0.497 e. The van der Waals surface area contributed by atoms with Gasteiger partial charge < -0.3 is 14.6 Å². The van der Waals surface area contributed by atoms with Crippen LogP contribution in [0, 0.1) is 5.92 Å². The standard InChI is InChI=1S/C30H31BrN2O/c1-34-24-10-5-9-22(17-24)30-14-16-33(15-13-21-7-3-2-4-8-21)20-23(30)18-25-28(19-30)32-27-12-6-11-26(31)29(25)27/h2-12,17,23,32H,13-16,18-20H2,1H3/t23?,30-/m1/s1. The summed E-state index contributed by atoms with van der Waals surface area (Å²) in [6, 6.07) is 26.3. The number of aromatic amines is 1. The summed E-state index contributed by atoms with van der Waals surface area (Å²) in [5, 5.41) is 1.37. The molecule has 1 saturated heterocycles. The number of aromatic nitrogens is 1. The number of likely N-dealkylation sites (tertiary alicyclic amines) is 1. The van der Waals surface area contributed by atoms with E-state index in [1.807, 2.05) is 0 Å². The average Bonchev–Trinajstić information content (AvgIpc) is 3.24. The van der Waals surface area contributed by atoms with Crippen LogP contribution in [-0.4, -0.2) is 36.6 Å². The summed E-state index contributed by atoms with van der Waals surface area (Å²) >= 11 is 3.84. The van der Waals surface area contributed by atoms with E-state index in [-0.39, 0.29) is 5.41 Å². The van der Waals surface area contributed by atoms with Gasteiger partial charge in [0.05, 0.1) is 7.11 Å². The van der Waals surface area contributed by atoms with Crippen LogP contribution in [0.4, 0.5) is 0 Å². The number of rotatable bonds is 5. The highest BCUT2D eigenvalue weighted by Crippen LogP contribution is 2.50. The number of hydrogen-bond acceptors (Lipinski definition) is 2. The molecule has 1 fully saturated rings. The maximum absolute atomic E-state index is 5.64. The molecule has 4 heteroatoms. The van der Waals surface area contributed by atoms with E-state index in [0.29, 0.717) is 5.92 Å². The van der Waals surface area contributed by atoms with Crippen molar-refractivity contribution in [1.29, 1.82) is 0 Å². The Bertz CT molecular complexity index is 1310. The zero-order chi connectivity index (χ0) is 23.1. The van der Waals surface area contributed by atoms with E-state index in [0.717, 1.165) is 44.6 Å². The Morgan fingerprint density at radius 1 is 1.06 bits per heavy atom. The molecule has 3 nitrogen and oxygen atoms in total. The van der Waals surface area contributed by atoms with Gasteiger partial charge in [-0.2, -0.15) is 0 Å². The minimum absolute atomic E-state index is 0.137. The fourth-order valence-corrected chi connectivity index (χ4v) is 7.05. The van der Waals surface area contributed by atoms with Crippen molar-refractivity contribution in [2.24, 2.45) is 5.92 Å². The van der Waals surface area contributed by atoms with Gasteiger partial charge in [0.25, 0.3) is 0 Å². The average molecular weight is 515 g/mol. The molecule has 1 aromatic heterocycles. The molecule has 34 heavy (non-hydrogen) atoms. The van der Waals surface area contributed by atoms with Crippen molar-refractivity contribution in [3.05, 3.63) is 99.7 Å². The maximum atomic E-state index is 5.64. The SMILES string of the molecule is COc1cccc([C@]23CCN(CCc4ccccc4)CC2Cc2c([nH]c4cccc(Br)c24)C3)c1. The number of hydrogen-bond donors (Lipinski definition) is 1. The highest BCUT2D eigenvalue weighted by molar-refractivity contribution is 9.10. The van der Waals surface area contributed by atoms with E-state index >= 15 is 0 Å². The Balaban J connectivity index is 1.37. The molecule has 6 rings (SSSR count). The van der Waals surface area contributed by atoms with Crippen molar-refractivity contribution in [3.8, 4) is 5.75 Å². The highest BCUT2D eigenvalue weighted by Gasteiger charge is 2.48. The molecule has 4 aromatic rings. The molecule has 1 unspecified atom stereocenters. The van der Waals surface area contributed by atoms with E-state index < -0.39 is 0 Å². The smallest absolute Gasteiger partial charge is 0.119 e. The van der Waals surface area contributed by atoms with Crippen molar-refractivity contribution >= 4 is 26.8 Å². The Labute approximate surface area is 210 Å². The number of nitrogens with zero attached hydrogens (tertiary/aromatic N) is 1. The molecule has 2 aliphatic rings. The summed E-state index contributed by atoms with van der Waals surface area (Å²) in [5.74, 6) is 1.53. The van der Waals surface area contributed by atoms with Crippen LogP contribution in [0.5, 0.6) is 5.75 Å². The zero-order valence-electron chi connectivity index (χ0n) is 19.7. The molecule has 174 valence electrons. The molecule has 0 saturated carbocycles. The van der Waals surface area contributed by atoms with Crippen LogP contribution >= 0.6 is 15.9 Å². The second kappa shape index (κ2) is 8.90. The third kappa shape index (κ3) is 3.77. The van der Waals surface area contributed by atoms with Gasteiger partial charge in [0.15, 0.2) is 0 Å². The van der Waals surface area contributed by atoms with Gasteiger partial charge in [-0.25, -0.2) is 0 Å². The first-order valence-electron chi connectivity index (χ1n) is 12.3. The number of methoxy groups -OCH3 is 1. The third-order valence-corrected chi connectivity index (χ3v) is 8.91. The predicted octanol–water partition coefficient (Wildman–Crippen LogP) is 6.54. The van der Waals surface area contributed by atoms with Crippen molar-refractivity contribution in [3.63, 3.8) is 0 Å². The van der Waals surface area contributed by atoms with Crippen LogP contribution in [0.25, 0.3) is 10.9 Å². The first-order chi connectivity index (χ1) is 16.7. The molecule has 0 spiro atoms. The number of ether oxygens (including phenoxy) is 1. The number of H-pyrrole nitrogens is 1. The second-order valence-electron chi connectivity index (χ2n) is 10.00. The van der Waals surface area contributed by atoms with Crippen LogP contribution in [0.2, 0.25) is 0 Å². The van der Waals surface area contributed by atoms with E-state index in [1.54, 1.807) is 7.11 Å². The lowest BCUT2D eigenvalue weighted by atomic mass is 9.58. The monoisotopic (exact) mass is 514 g/mol. The highest BCUT2D eigenvalue weighted by atomic mass is 79.9. The minimum atomic E-state index is 0.137. The molecule has 0 bridgehead atoms. The fourth-order valence-electron chi connectivity index (χ4n) is 6.44. The van der Waals surface area contributed by atoms with Gasteiger partial charge in [-0.1, -0.05) is 64.5 Å². The van der Waals surface area contributed by atoms with Gasteiger partial charge in [-0.05, 0) is 79.1 Å². The van der Waals surface area contributed by atoms with Gasteiger partial charge in [-0.15, -0.1) is 0 Å². The summed E-state index contributed by atoms with van der Waals surface area (Å²) < 4.78 is 6.84. The first-order valence-corrected chi connectivity index (χ1v) is 13.1. The van der Waals surface area contributed by atoms with Gasteiger partial charge in [0.2, 0.25) is 0 Å². The predicted molar refractivity (Wildman–Crippen MR) is 143 cm³/mol. The van der Waals surface area contributed by atoms with E-state index in [1.165, 1.54) is 44.2 Å². The van der Waals surface area contributed by atoms with Crippen molar-refractivity contribution in [2.45, 2.75) is 31.1 Å². The lowest BCUT2D eigenvalue weighted by molar-refractivity contribution is 0.0822. The normalized spacial score (nSPS) is 22.4. The molecule has 2 heterocycles. The molecule has 2 atom stereocenters. The molecule has 1 aliphatic carbocycles. The Hall–Kier alpha value is -2.56. The molecule has 0 radical (unpaired) electrons. The summed E-state index contributed by atoms with van der Waals surface area (Å²) in [6.07, 6.45) is 4.46. The van der Waals surface area contributed by atoms with Gasteiger partial charge in [0, 0.05) is 39.6 Å². The first kappa shape index (κ1) is 21.9. The Kier molecular flexibility index (Phi) is 5.74. The van der Waals surface area contributed by atoms with Crippen molar-refractivity contribution < 1.29 is 4.74 Å². The lowest BCUT2D eigenvalue weighted by Gasteiger charge is -2.51. The van der Waals surface area contributed by atoms with Gasteiger partial charge >= 0.3 is 0 Å². The molecule has 3 aromatic carbocycles. The largest absolute Gasteiger partial charge is 0.497 e. The molecule has 1 N–H and O–H groups in total. The number of piperidine rings is 1. The number of nitrogens with one attached hydrogen (secondary N) is 1. The number of fused-ring (bicyclic) bond motifs is 4. The fraction of sp³-hybridized carbons (Fsp3) is 0.333. The number of benzene rings is 3. The third-order valence-electron chi connectivity index (χ3n) is 8.25. The molecular formula is C30H31BrN2O. The topological polar surface area (TPSA) is 28.3 Å². The van der Waals surface area contributed by atoms with E-state index in [2.05, 4.69) is 98.6 Å². The van der Waals surface area contributed by atoms with Crippen molar-refractivity contribution in [2.75, 3.05) is 26.7 Å². The summed E-state index contributed by atoms with van der Waals surface area (Å²) in [6.45, 7) is 3.40. The lowest BCUT2D eigenvalue weighted by Crippen LogP contribution is -2.54. The van der Waals surface area contributed by atoms with Crippen LogP contribution < -0.4 is 4.74 Å².